The van der Waals surface area contributed by atoms with Crippen molar-refractivity contribution in [3.05, 3.63) is 47.4 Å². The lowest BCUT2D eigenvalue weighted by molar-refractivity contribution is 0.305. The number of aromatic nitrogens is 2. The summed E-state index contributed by atoms with van der Waals surface area (Å²) in [6.45, 7) is 0.423. The number of rotatable bonds is 4. The number of pyridine rings is 2. The molecule has 0 saturated carbocycles. The van der Waals surface area contributed by atoms with Crippen molar-refractivity contribution in [2.24, 2.45) is 0 Å². The number of hydrogen-bond acceptors (Lipinski definition) is 4. The summed E-state index contributed by atoms with van der Waals surface area (Å²) in [5.74, 6) is 1.45. The van der Waals surface area contributed by atoms with E-state index in [9.17, 15) is 0 Å². The second-order valence-electron chi connectivity index (χ2n) is 3.39. The highest BCUT2D eigenvalue weighted by molar-refractivity contribution is 6.30. The number of nitrogens with one attached hydrogen (secondary N) is 1. The molecule has 1 N–H and O–H groups in total. The molecule has 2 aromatic heterocycles. The van der Waals surface area contributed by atoms with Crippen molar-refractivity contribution < 1.29 is 4.74 Å². The zero-order chi connectivity index (χ0) is 12.1. The molecule has 0 aromatic carbocycles. The monoisotopic (exact) mass is 249 g/mol. The van der Waals surface area contributed by atoms with Crippen LogP contribution in [0.3, 0.4) is 0 Å². The molecule has 2 rings (SSSR count). The van der Waals surface area contributed by atoms with Gasteiger partial charge >= 0.3 is 0 Å². The van der Waals surface area contributed by atoms with E-state index >= 15 is 0 Å². The van der Waals surface area contributed by atoms with E-state index in [4.69, 9.17) is 16.3 Å². The van der Waals surface area contributed by atoms with E-state index in [2.05, 4.69) is 15.3 Å². The Morgan fingerprint density at radius 1 is 1.41 bits per heavy atom. The van der Waals surface area contributed by atoms with Gasteiger partial charge in [-0.05, 0) is 6.07 Å². The molecule has 0 spiro atoms. The third kappa shape index (κ3) is 3.07. The zero-order valence-corrected chi connectivity index (χ0v) is 10.1. The van der Waals surface area contributed by atoms with Gasteiger partial charge in [-0.25, -0.2) is 4.98 Å². The van der Waals surface area contributed by atoms with Crippen LogP contribution in [-0.4, -0.2) is 17.0 Å². The molecule has 0 bridgehead atoms. The fraction of sp³-hybridized carbons (Fsp3) is 0.167. The molecule has 0 atom stereocenters. The van der Waals surface area contributed by atoms with Gasteiger partial charge in [0.1, 0.15) is 18.2 Å². The van der Waals surface area contributed by atoms with E-state index in [1.54, 1.807) is 24.7 Å². The molecule has 0 amide bonds. The predicted octanol–water partition coefficient (Wildman–Crippen LogP) is 2.75. The van der Waals surface area contributed by atoms with Crippen LogP contribution in [0, 0.1) is 0 Å². The average molecular weight is 250 g/mol. The molecule has 0 unspecified atom stereocenters. The quantitative estimate of drug-likeness (QED) is 0.905. The first-order valence-electron chi connectivity index (χ1n) is 5.14. The van der Waals surface area contributed by atoms with Crippen LogP contribution in [0.2, 0.25) is 5.02 Å². The molecule has 0 fully saturated rings. The molecule has 0 radical (unpaired) electrons. The van der Waals surface area contributed by atoms with E-state index in [0.29, 0.717) is 17.4 Å². The lowest BCUT2D eigenvalue weighted by Gasteiger charge is -2.09. The number of anilines is 1. The maximum absolute atomic E-state index is 5.82. The Hall–Kier alpha value is -1.81. The third-order valence-electron chi connectivity index (χ3n) is 2.20. The highest BCUT2D eigenvalue weighted by Crippen LogP contribution is 2.18. The smallest absolute Gasteiger partial charge is 0.139 e. The van der Waals surface area contributed by atoms with Gasteiger partial charge in [0.25, 0.3) is 0 Å². The lowest BCUT2D eigenvalue weighted by Crippen LogP contribution is -2.02. The topological polar surface area (TPSA) is 47.0 Å². The highest BCUT2D eigenvalue weighted by atomic mass is 35.5. The number of hydrogen-bond donors (Lipinski definition) is 1. The van der Waals surface area contributed by atoms with Crippen LogP contribution < -0.4 is 10.1 Å². The van der Waals surface area contributed by atoms with E-state index in [1.165, 1.54) is 0 Å². The predicted molar refractivity (Wildman–Crippen MR) is 67.4 cm³/mol. The van der Waals surface area contributed by atoms with Crippen molar-refractivity contribution in [1.29, 1.82) is 0 Å². The van der Waals surface area contributed by atoms with Gasteiger partial charge in [-0.1, -0.05) is 17.7 Å². The fourth-order valence-corrected chi connectivity index (χ4v) is 1.58. The van der Waals surface area contributed by atoms with Crippen LogP contribution >= 0.6 is 11.6 Å². The Labute approximate surface area is 105 Å². The highest BCUT2D eigenvalue weighted by Gasteiger charge is 2.02. The second-order valence-corrected chi connectivity index (χ2v) is 3.83. The molecule has 88 valence electrons. The first-order valence-corrected chi connectivity index (χ1v) is 5.52. The largest absolute Gasteiger partial charge is 0.487 e. The van der Waals surface area contributed by atoms with Crippen molar-refractivity contribution in [1.82, 2.24) is 9.97 Å². The summed E-state index contributed by atoms with van der Waals surface area (Å²) >= 11 is 5.82. The molecular weight excluding hydrogens is 238 g/mol. The maximum Gasteiger partial charge on any atom is 0.139 e. The van der Waals surface area contributed by atoms with Crippen LogP contribution in [-0.2, 0) is 6.61 Å². The Morgan fingerprint density at radius 2 is 2.29 bits per heavy atom. The first kappa shape index (κ1) is 11.7. The Bertz CT molecular complexity index is 505. The number of nitrogens with zero attached hydrogens (tertiary/aromatic N) is 2. The molecule has 2 heterocycles. The molecule has 2 aromatic rings. The third-order valence-corrected chi connectivity index (χ3v) is 2.41. The molecule has 0 aliphatic heterocycles. The summed E-state index contributed by atoms with van der Waals surface area (Å²) in [7, 11) is 1.83. The van der Waals surface area contributed by atoms with Gasteiger partial charge in [-0.2, -0.15) is 0 Å². The minimum absolute atomic E-state index is 0.423. The Morgan fingerprint density at radius 3 is 3.06 bits per heavy atom. The number of halogens is 1. The average Bonchev–Trinajstić information content (AvgIpc) is 2.37. The van der Waals surface area contributed by atoms with Crippen molar-refractivity contribution in [2.75, 3.05) is 12.4 Å². The van der Waals surface area contributed by atoms with Crippen LogP contribution in [0.15, 0.2) is 36.8 Å². The number of ether oxygens (including phenoxy) is 1. The molecular formula is C12H12ClN3O. The lowest BCUT2D eigenvalue weighted by atomic mass is 10.2. The minimum Gasteiger partial charge on any atom is -0.487 e. The standard InChI is InChI=1S/C12H12ClN3O/c1-14-12-9(3-2-4-16-12)8-17-11-5-10(13)6-15-7-11/h2-7H,8H2,1H3,(H,14,16). The summed E-state index contributed by atoms with van der Waals surface area (Å²) in [5, 5.41) is 3.57. The Kier molecular flexibility index (Phi) is 3.77. The fourth-order valence-electron chi connectivity index (χ4n) is 1.41. The first-order chi connectivity index (χ1) is 8.29. The normalized spacial score (nSPS) is 10.0. The van der Waals surface area contributed by atoms with Crippen molar-refractivity contribution in [2.45, 2.75) is 6.61 Å². The van der Waals surface area contributed by atoms with E-state index in [-0.39, 0.29) is 0 Å². The van der Waals surface area contributed by atoms with Gasteiger partial charge in [0.15, 0.2) is 0 Å². The summed E-state index contributed by atoms with van der Waals surface area (Å²) in [5.41, 5.74) is 0.981. The van der Waals surface area contributed by atoms with Crippen LogP contribution in [0.25, 0.3) is 0 Å². The Balaban J connectivity index is 2.07. The van der Waals surface area contributed by atoms with Crippen molar-refractivity contribution in [3.8, 4) is 5.75 Å². The van der Waals surface area contributed by atoms with Crippen molar-refractivity contribution in [3.63, 3.8) is 0 Å². The maximum atomic E-state index is 5.82. The van der Waals surface area contributed by atoms with Crippen LogP contribution in [0.4, 0.5) is 5.82 Å². The van der Waals surface area contributed by atoms with Crippen LogP contribution in [0.5, 0.6) is 5.75 Å². The van der Waals surface area contributed by atoms with Gasteiger partial charge in [0.2, 0.25) is 0 Å². The van der Waals surface area contributed by atoms with Gasteiger partial charge in [0.05, 0.1) is 11.2 Å². The van der Waals surface area contributed by atoms with Crippen LogP contribution in [0.1, 0.15) is 5.56 Å². The summed E-state index contributed by atoms with van der Waals surface area (Å²) in [4.78, 5) is 8.15. The van der Waals surface area contributed by atoms with Gasteiger partial charge < -0.3 is 10.1 Å². The molecule has 17 heavy (non-hydrogen) atoms. The summed E-state index contributed by atoms with van der Waals surface area (Å²) in [6, 6.07) is 5.55. The molecule has 5 heteroatoms. The molecule has 4 nitrogen and oxygen atoms in total. The SMILES string of the molecule is CNc1ncccc1COc1cncc(Cl)c1. The van der Waals surface area contributed by atoms with E-state index < -0.39 is 0 Å². The molecule has 0 saturated heterocycles. The van der Waals surface area contributed by atoms with E-state index in [0.717, 1.165) is 11.4 Å². The van der Waals surface area contributed by atoms with Crippen molar-refractivity contribution >= 4 is 17.4 Å². The molecule has 0 aliphatic carbocycles. The van der Waals surface area contributed by atoms with E-state index in [1.807, 2.05) is 19.2 Å². The van der Waals surface area contributed by atoms with Gasteiger partial charge in [-0.15, -0.1) is 0 Å². The minimum atomic E-state index is 0.423. The molecule has 0 aliphatic rings. The zero-order valence-electron chi connectivity index (χ0n) is 9.35. The van der Waals surface area contributed by atoms with Gasteiger partial charge in [-0.3, -0.25) is 4.98 Å². The summed E-state index contributed by atoms with van der Waals surface area (Å²) < 4.78 is 5.59. The van der Waals surface area contributed by atoms with Gasteiger partial charge in [0, 0.05) is 31.1 Å². The summed E-state index contributed by atoms with van der Waals surface area (Å²) in [6.07, 6.45) is 4.93. The second kappa shape index (κ2) is 5.50.